The summed E-state index contributed by atoms with van der Waals surface area (Å²) in [6, 6.07) is 3.46. The lowest BCUT2D eigenvalue weighted by Gasteiger charge is -2.50. The van der Waals surface area contributed by atoms with Crippen LogP contribution in [0.25, 0.3) is 11.2 Å². The van der Waals surface area contributed by atoms with Crippen LogP contribution in [0.15, 0.2) is 30.9 Å². The number of cyclic esters (lactones) is 1. The Morgan fingerprint density at radius 2 is 1.63 bits per heavy atom. The second-order valence-corrected chi connectivity index (χ2v) is 23.4. The van der Waals surface area contributed by atoms with Crippen molar-refractivity contribution in [2.75, 3.05) is 45.1 Å². The standard InChI is InChI=1S/C53H82N8O13S/c1-15-35-53(10)37(42(48(66)74-53)75-21-20-61-26-57-38-45(54)58-50(59-46(38)61)56-25-33-16-18-55-19-17-33)29(4)39(62)27(2)23-52(9,68-14)44(73-49-40(63)34(60(11)12)22-28(3)69-49)30(5)41(31(6)47(65)71-35)72-36-24-51(8,67-13)43(64)32(7)70-36/h16-19,26-32,34-37,40-44,49,63-64H,15,20-25H2,1-14H3,(H3,54,56,58,59)/t27-,28?,29-,30+,31?,32+,34+,35-,36+,37?,40-,41+,42+,43+,44-,49+,51-,52?,53-/m1/s1. The Bertz CT molecular complexity index is 2440. The molecule has 0 aromatic carbocycles. The minimum Gasteiger partial charge on any atom is -0.458 e. The SMILES string of the molecule is CC[C@H]1OC(=O)C(C)[C@@H](O[C@H]2C[C@@](C)(OC)[C@@H](O)[C@H](C)O2)[C@H](C)[C@@H](O[C@@H]2OC(C)C[C@H](N(C)C)[C@H]2O)C(C)(OC)C[C@@H](C)C(=O)[C@H](C)C2[C@H](SCCn3cnc4c(N)nc(NCc5ccncc5)nc43)C(=O)O[C@@]21C. The second-order valence-electron chi connectivity index (χ2n) is 22.1. The summed E-state index contributed by atoms with van der Waals surface area (Å²) >= 11 is 1.35. The number of nitrogens with zero attached hydrogens (tertiary/aromatic N) is 6. The van der Waals surface area contributed by atoms with Crippen LogP contribution in [0, 0.1) is 29.6 Å². The number of rotatable bonds is 15. The summed E-state index contributed by atoms with van der Waals surface area (Å²) < 4.78 is 53.8. The van der Waals surface area contributed by atoms with Crippen molar-refractivity contribution in [3.63, 3.8) is 0 Å². The molecule has 0 radical (unpaired) electrons. The predicted octanol–water partition coefficient (Wildman–Crippen LogP) is 4.79. The molecular weight excluding hydrogens is 989 g/mol. The van der Waals surface area contributed by atoms with Crippen LogP contribution in [0.5, 0.6) is 0 Å². The number of carbonyl (C=O) groups is 3. The quantitative estimate of drug-likeness (QED) is 0.149. The van der Waals surface area contributed by atoms with Crippen molar-refractivity contribution in [3.05, 3.63) is 36.4 Å². The highest BCUT2D eigenvalue weighted by atomic mass is 32.2. The third kappa shape index (κ3) is 12.1. The van der Waals surface area contributed by atoms with Gasteiger partial charge in [0.25, 0.3) is 0 Å². The van der Waals surface area contributed by atoms with Gasteiger partial charge in [-0.3, -0.25) is 19.4 Å². The number of nitrogens with two attached hydrogens (primary N) is 1. The third-order valence-electron chi connectivity index (χ3n) is 16.6. The van der Waals surface area contributed by atoms with E-state index in [1.54, 1.807) is 53.5 Å². The van der Waals surface area contributed by atoms with Crippen LogP contribution in [-0.2, 0) is 65.4 Å². The molecule has 4 unspecified atom stereocenters. The van der Waals surface area contributed by atoms with Crippen molar-refractivity contribution >= 4 is 52.4 Å². The van der Waals surface area contributed by atoms with Crippen molar-refractivity contribution in [1.29, 1.82) is 0 Å². The van der Waals surface area contributed by atoms with Crippen LogP contribution >= 0.6 is 11.8 Å². The Labute approximate surface area is 445 Å². The average Bonchev–Trinajstić information content (AvgIpc) is 3.91. The van der Waals surface area contributed by atoms with Crippen LogP contribution < -0.4 is 11.1 Å². The Balaban J connectivity index is 1.23. The molecule has 4 saturated heterocycles. The van der Waals surface area contributed by atoms with Gasteiger partial charge in [-0.15, -0.1) is 11.8 Å². The van der Waals surface area contributed by atoms with Crippen molar-refractivity contribution in [2.24, 2.45) is 29.6 Å². The molecule has 0 aliphatic carbocycles. The molecule has 5 N–H and O–H groups in total. The Morgan fingerprint density at radius 3 is 2.28 bits per heavy atom. The summed E-state index contributed by atoms with van der Waals surface area (Å²) in [6.07, 6.45) is -2.12. The van der Waals surface area contributed by atoms with Crippen molar-refractivity contribution < 1.29 is 62.5 Å². The Kier molecular flexibility index (Phi) is 18.6. The highest BCUT2D eigenvalue weighted by molar-refractivity contribution is 8.00. The third-order valence-corrected chi connectivity index (χ3v) is 17.8. The number of esters is 2. The highest BCUT2D eigenvalue weighted by Gasteiger charge is 2.62. The fourth-order valence-electron chi connectivity index (χ4n) is 12.1. The van der Waals surface area contributed by atoms with Gasteiger partial charge in [-0.05, 0) is 92.6 Å². The molecule has 19 atom stereocenters. The number of aromatic nitrogens is 5. The van der Waals surface area contributed by atoms with Crippen molar-refractivity contribution in [3.8, 4) is 0 Å². The number of hydrogen-bond acceptors (Lipinski definition) is 21. The maximum atomic E-state index is 15.3. The first-order valence-corrected chi connectivity index (χ1v) is 27.4. The van der Waals surface area contributed by atoms with E-state index in [1.165, 1.54) is 18.9 Å². The van der Waals surface area contributed by atoms with Crippen LogP contribution in [0.4, 0.5) is 11.8 Å². The van der Waals surface area contributed by atoms with E-state index in [0.717, 1.165) is 5.56 Å². The Hall–Kier alpha value is -4.10. The van der Waals surface area contributed by atoms with Crippen LogP contribution in [-0.4, -0.2) is 175 Å². The maximum absolute atomic E-state index is 15.3. The van der Waals surface area contributed by atoms with E-state index >= 15 is 9.59 Å². The van der Waals surface area contributed by atoms with Gasteiger partial charge in [0.05, 0.1) is 47.9 Å². The predicted molar refractivity (Wildman–Crippen MR) is 280 cm³/mol. The van der Waals surface area contributed by atoms with E-state index in [2.05, 4.69) is 20.3 Å². The minimum absolute atomic E-state index is 0.111. The number of aryl methyl sites for hydroxylation is 1. The zero-order valence-corrected chi connectivity index (χ0v) is 46.9. The van der Waals surface area contributed by atoms with E-state index in [1.807, 2.05) is 77.2 Å². The number of carbonyl (C=O) groups excluding carboxylic acids is 3. The number of imidazole rings is 1. The van der Waals surface area contributed by atoms with Gasteiger partial charge in [0.2, 0.25) is 5.95 Å². The number of ether oxygens (including phenoxy) is 8. The topological polar surface area (TPSA) is 263 Å². The van der Waals surface area contributed by atoms with Gasteiger partial charge in [-0.25, -0.2) is 4.98 Å². The van der Waals surface area contributed by atoms with Crippen LogP contribution in [0.2, 0.25) is 0 Å². The molecule has 4 fully saturated rings. The molecule has 75 heavy (non-hydrogen) atoms. The number of fused-ring (bicyclic) bond motifs is 2. The zero-order valence-electron chi connectivity index (χ0n) is 46.1. The van der Waals surface area contributed by atoms with Gasteiger partial charge in [0.1, 0.15) is 34.9 Å². The molecule has 0 bridgehead atoms. The van der Waals surface area contributed by atoms with Crippen LogP contribution in [0.1, 0.15) is 100 Å². The maximum Gasteiger partial charge on any atom is 0.320 e. The molecule has 21 nitrogen and oxygen atoms in total. The van der Waals surface area contributed by atoms with Crippen molar-refractivity contribution in [2.45, 2.75) is 191 Å². The molecule has 7 rings (SSSR count). The molecule has 4 aliphatic rings. The van der Waals surface area contributed by atoms with E-state index < -0.39 is 113 Å². The first kappa shape index (κ1) is 58.6. The van der Waals surface area contributed by atoms with E-state index in [0.29, 0.717) is 42.4 Å². The lowest BCUT2D eigenvalue weighted by molar-refractivity contribution is -0.319. The summed E-state index contributed by atoms with van der Waals surface area (Å²) in [5.41, 5.74) is 4.49. The number of aliphatic hydroxyl groups is 2. The van der Waals surface area contributed by atoms with E-state index in [4.69, 9.17) is 48.6 Å². The number of methoxy groups -OCH3 is 2. The van der Waals surface area contributed by atoms with E-state index in [-0.39, 0.29) is 43.0 Å². The fourth-order valence-corrected chi connectivity index (χ4v) is 13.5. The molecule has 7 heterocycles. The molecule has 0 amide bonds. The monoisotopic (exact) mass is 1070 g/mol. The lowest BCUT2D eigenvalue weighted by atomic mass is 9.70. The molecule has 4 aliphatic heterocycles. The number of thioether (sulfide) groups is 1. The van der Waals surface area contributed by atoms with Gasteiger partial charge in [-0.1, -0.05) is 27.7 Å². The number of ketones is 1. The van der Waals surface area contributed by atoms with Gasteiger partial charge >= 0.3 is 11.9 Å². The number of pyridine rings is 1. The first-order valence-electron chi connectivity index (χ1n) is 26.3. The summed E-state index contributed by atoms with van der Waals surface area (Å²) in [6.45, 7) is 19.0. The van der Waals surface area contributed by atoms with Gasteiger partial charge < -0.3 is 68.6 Å². The number of nitrogen functional groups attached to an aromatic ring is 1. The smallest absolute Gasteiger partial charge is 0.320 e. The van der Waals surface area contributed by atoms with Gasteiger partial charge in [-0.2, -0.15) is 9.97 Å². The van der Waals surface area contributed by atoms with Gasteiger partial charge in [0, 0.05) is 81.6 Å². The molecule has 22 heteroatoms. The fraction of sp³-hybridized carbons (Fsp3) is 0.755. The molecule has 418 valence electrons. The average molecular weight is 1070 g/mol. The summed E-state index contributed by atoms with van der Waals surface area (Å²) in [4.78, 5) is 64.5. The molecule has 3 aromatic rings. The summed E-state index contributed by atoms with van der Waals surface area (Å²) in [5, 5.41) is 25.4. The van der Waals surface area contributed by atoms with Crippen LogP contribution in [0.3, 0.4) is 0 Å². The number of anilines is 2. The first-order chi connectivity index (χ1) is 35.4. The zero-order chi connectivity index (χ0) is 54.9. The normalized spacial score (nSPS) is 39.2. The highest BCUT2D eigenvalue weighted by Crippen LogP contribution is 2.49. The lowest BCUT2D eigenvalue weighted by Crippen LogP contribution is -2.61. The summed E-state index contributed by atoms with van der Waals surface area (Å²) in [7, 11) is 6.84. The molecule has 0 spiro atoms. The number of nitrogens with one attached hydrogen (secondary N) is 1. The number of aliphatic hydroxyl groups excluding tert-OH is 2. The number of Topliss-reactive ketones (excluding diaryl/α,β-unsaturated/α-hetero) is 1. The Morgan fingerprint density at radius 1 is 0.933 bits per heavy atom. The number of likely N-dealkylation sites (N-methyl/N-ethyl adjacent to an activating group) is 1. The molecular formula is C53H82N8O13S. The minimum atomic E-state index is -1.44. The van der Waals surface area contributed by atoms with Crippen molar-refractivity contribution in [1.82, 2.24) is 29.4 Å². The number of hydrogen-bond donors (Lipinski definition) is 4. The van der Waals surface area contributed by atoms with Gasteiger partial charge in [0.15, 0.2) is 29.6 Å². The second kappa shape index (κ2) is 23.9. The largest absolute Gasteiger partial charge is 0.458 e. The molecule has 3 aromatic heterocycles. The van der Waals surface area contributed by atoms with E-state index in [9.17, 15) is 15.0 Å². The summed E-state index contributed by atoms with van der Waals surface area (Å²) in [5.74, 6) is -4.41. The molecule has 0 saturated carbocycles.